The van der Waals surface area contributed by atoms with E-state index in [-0.39, 0.29) is 0 Å². The van der Waals surface area contributed by atoms with Crippen LogP contribution in [-0.4, -0.2) is 15.6 Å². The van der Waals surface area contributed by atoms with Crippen LogP contribution in [0.4, 0.5) is 5.95 Å². The van der Waals surface area contributed by atoms with Crippen molar-refractivity contribution >= 4 is 5.95 Å². The molecule has 1 aliphatic rings. The van der Waals surface area contributed by atoms with Crippen LogP contribution in [0.1, 0.15) is 58.2 Å². The molecule has 3 heteroatoms. The third-order valence-electron chi connectivity index (χ3n) is 3.68. The Morgan fingerprint density at radius 1 is 1.47 bits per heavy atom. The summed E-state index contributed by atoms with van der Waals surface area (Å²) in [5.74, 6) is 1.85. The average Bonchev–Trinajstić information content (AvgIpc) is 3.01. The summed E-state index contributed by atoms with van der Waals surface area (Å²) in [4.78, 5) is 4.60. The highest BCUT2D eigenvalue weighted by Crippen LogP contribution is 2.28. The zero-order valence-electron chi connectivity index (χ0n) is 11.5. The smallest absolute Gasteiger partial charge is 0.203 e. The summed E-state index contributed by atoms with van der Waals surface area (Å²) in [5.41, 5.74) is 1.11. The fourth-order valence-electron chi connectivity index (χ4n) is 2.23. The van der Waals surface area contributed by atoms with E-state index in [0.717, 1.165) is 17.6 Å². The van der Waals surface area contributed by atoms with Gasteiger partial charge in [0.15, 0.2) is 0 Å². The van der Waals surface area contributed by atoms with E-state index in [1.165, 1.54) is 25.7 Å². The molecule has 0 bridgehead atoms. The fourth-order valence-corrected chi connectivity index (χ4v) is 2.23. The highest BCUT2D eigenvalue weighted by molar-refractivity contribution is 5.32. The molecular formula is C14H25N3. The second-order valence-corrected chi connectivity index (χ2v) is 5.63. The molecule has 0 radical (unpaired) electrons. The maximum atomic E-state index is 4.60. The molecule has 17 heavy (non-hydrogen) atoms. The van der Waals surface area contributed by atoms with E-state index < -0.39 is 0 Å². The lowest BCUT2D eigenvalue weighted by molar-refractivity contribution is 0.400. The first-order valence-corrected chi connectivity index (χ1v) is 6.92. The summed E-state index contributed by atoms with van der Waals surface area (Å²) in [6.07, 6.45) is 7.25. The van der Waals surface area contributed by atoms with E-state index in [4.69, 9.17) is 0 Å². The van der Waals surface area contributed by atoms with Gasteiger partial charge >= 0.3 is 0 Å². The second-order valence-electron chi connectivity index (χ2n) is 5.63. The molecule has 2 unspecified atom stereocenters. The summed E-state index contributed by atoms with van der Waals surface area (Å²) in [7, 11) is 0. The van der Waals surface area contributed by atoms with Crippen LogP contribution in [-0.2, 0) is 0 Å². The van der Waals surface area contributed by atoms with E-state index in [2.05, 4.69) is 48.8 Å². The number of hydrogen-bond acceptors (Lipinski definition) is 2. The van der Waals surface area contributed by atoms with Crippen molar-refractivity contribution < 1.29 is 0 Å². The number of imidazole rings is 1. The van der Waals surface area contributed by atoms with Crippen LogP contribution in [0, 0.1) is 12.8 Å². The predicted octanol–water partition coefficient (Wildman–Crippen LogP) is 3.76. The number of nitrogens with one attached hydrogen (secondary N) is 1. The van der Waals surface area contributed by atoms with Crippen molar-refractivity contribution in [2.45, 2.75) is 65.5 Å². The maximum absolute atomic E-state index is 4.60. The van der Waals surface area contributed by atoms with E-state index >= 15 is 0 Å². The Morgan fingerprint density at radius 2 is 2.18 bits per heavy atom. The van der Waals surface area contributed by atoms with Crippen LogP contribution in [0.15, 0.2) is 6.20 Å². The zero-order valence-corrected chi connectivity index (χ0v) is 11.5. The number of aryl methyl sites for hydroxylation is 1. The molecule has 0 spiro atoms. The molecule has 3 nitrogen and oxygen atoms in total. The highest BCUT2D eigenvalue weighted by atomic mass is 15.2. The van der Waals surface area contributed by atoms with Gasteiger partial charge in [0.05, 0.1) is 5.69 Å². The van der Waals surface area contributed by atoms with Gasteiger partial charge in [-0.1, -0.05) is 20.3 Å². The van der Waals surface area contributed by atoms with Crippen molar-refractivity contribution in [3.8, 4) is 0 Å². The van der Waals surface area contributed by atoms with Gasteiger partial charge in [0, 0.05) is 18.3 Å². The van der Waals surface area contributed by atoms with Crippen molar-refractivity contribution in [2.24, 2.45) is 5.92 Å². The van der Waals surface area contributed by atoms with Gasteiger partial charge < -0.3 is 9.88 Å². The number of anilines is 1. The van der Waals surface area contributed by atoms with E-state index in [9.17, 15) is 0 Å². The standard InChI is InChI=1S/C14H25N3/c1-5-10(2)8-12(4)17-9-11(3)15-14(17)16-13-6-7-13/h9-10,12-13H,5-8H2,1-4H3,(H,15,16). The second kappa shape index (κ2) is 5.11. The largest absolute Gasteiger partial charge is 0.353 e. The van der Waals surface area contributed by atoms with Crippen molar-refractivity contribution in [2.75, 3.05) is 5.32 Å². The fraction of sp³-hybridized carbons (Fsp3) is 0.786. The third kappa shape index (κ3) is 3.24. The molecule has 0 saturated heterocycles. The van der Waals surface area contributed by atoms with Gasteiger partial charge in [0.1, 0.15) is 0 Å². The van der Waals surface area contributed by atoms with Crippen LogP contribution >= 0.6 is 0 Å². The molecule has 1 aromatic rings. The SMILES string of the molecule is CCC(C)CC(C)n1cc(C)nc1NC1CC1. The number of hydrogen-bond donors (Lipinski definition) is 1. The number of nitrogens with zero attached hydrogens (tertiary/aromatic N) is 2. The van der Waals surface area contributed by atoms with Gasteiger partial charge in [-0.25, -0.2) is 4.98 Å². The lowest BCUT2D eigenvalue weighted by Gasteiger charge is -2.19. The Labute approximate surface area is 105 Å². The van der Waals surface area contributed by atoms with Gasteiger partial charge in [-0.15, -0.1) is 0 Å². The summed E-state index contributed by atoms with van der Waals surface area (Å²) in [5, 5.41) is 3.53. The average molecular weight is 235 g/mol. The quantitative estimate of drug-likeness (QED) is 0.813. The van der Waals surface area contributed by atoms with Gasteiger partial charge in [-0.3, -0.25) is 0 Å². The highest BCUT2D eigenvalue weighted by Gasteiger charge is 2.24. The van der Waals surface area contributed by atoms with Crippen LogP contribution in [0.25, 0.3) is 0 Å². The van der Waals surface area contributed by atoms with Gasteiger partial charge in [-0.2, -0.15) is 0 Å². The van der Waals surface area contributed by atoms with Gasteiger partial charge in [0.2, 0.25) is 5.95 Å². The first-order chi connectivity index (χ1) is 8.10. The van der Waals surface area contributed by atoms with E-state index in [1.807, 2.05) is 0 Å². The molecule has 1 saturated carbocycles. The lowest BCUT2D eigenvalue weighted by Crippen LogP contribution is -2.14. The van der Waals surface area contributed by atoms with Crippen LogP contribution in [0.3, 0.4) is 0 Å². The molecule has 2 atom stereocenters. The maximum Gasteiger partial charge on any atom is 0.203 e. The Bertz CT molecular complexity index is 366. The van der Waals surface area contributed by atoms with Crippen molar-refractivity contribution in [3.63, 3.8) is 0 Å². The van der Waals surface area contributed by atoms with Crippen LogP contribution in [0.2, 0.25) is 0 Å². The molecule has 96 valence electrons. The molecule has 1 aromatic heterocycles. The molecule has 1 N–H and O–H groups in total. The Hall–Kier alpha value is -0.990. The summed E-state index contributed by atoms with van der Waals surface area (Å²) in [6, 6.07) is 1.21. The number of rotatable bonds is 6. The molecule has 1 fully saturated rings. The zero-order chi connectivity index (χ0) is 12.4. The number of aromatic nitrogens is 2. The van der Waals surface area contributed by atoms with Gasteiger partial charge in [-0.05, 0) is 39.0 Å². The van der Waals surface area contributed by atoms with Crippen LogP contribution in [0.5, 0.6) is 0 Å². The first-order valence-electron chi connectivity index (χ1n) is 6.92. The molecule has 1 heterocycles. The van der Waals surface area contributed by atoms with Crippen LogP contribution < -0.4 is 5.32 Å². The predicted molar refractivity (Wildman–Crippen MR) is 72.4 cm³/mol. The summed E-state index contributed by atoms with van der Waals surface area (Å²) in [6.45, 7) is 8.96. The summed E-state index contributed by atoms with van der Waals surface area (Å²) >= 11 is 0. The van der Waals surface area contributed by atoms with E-state index in [1.54, 1.807) is 0 Å². The Morgan fingerprint density at radius 3 is 2.76 bits per heavy atom. The van der Waals surface area contributed by atoms with Crippen molar-refractivity contribution in [3.05, 3.63) is 11.9 Å². The Kier molecular flexibility index (Phi) is 3.75. The topological polar surface area (TPSA) is 29.9 Å². The minimum absolute atomic E-state index is 0.535. The molecule has 0 aromatic carbocycles. The first kappa shape index (κ1) is 12.5. The van der Waals surface area contributed by atoms with Crippen molar-refractivity contribution in [1.29, 1.82) is 0 Å². The molecule has 0 amide bonds. The molecular weight excluding hydrogens is 210 g/mol. The third-order valence-corrected chi connectivity index (χ3v) is 3.68. The van der Waals surface area contributed by atoms with E-state index in [0.29, 0.717) is 12.1 Å². The lowest BCUT2D eigenvalue weighted by atomic mass is 10.0. The minimum atomic E-state index is 0.535. The molecule has 0 aliphatic heterocycles. The minimum Gasteiger partial charge on any atom is -0.353 e. The van der Waals surface area contributed by atoms with Crippen molar-refractivity contribution in [1.82, 2.24) is 9.55 Å². The normalized spacial score (nSPS) is 19.1. The molecule has 1 aliphatic carbocycles. The summed E-state index contributed by atoms with van der Waals surface area (Å²) < 4.78 is 2.32. The monoisotopic (exact) mass is 235 g/mol. The molecule has 2 rings (SSSR count). The Balaban J connectivity index is 2.06. The van der Waals surface area contributed by atoms with Gasteiger partial charge in [0.25, 0.3) is 0 Å².